The van der Waals surface area contributed by atoms with Crippen molar-refractivity contribution in [3.05, 3.63) is 70.2 Å². The summed E-state index contributed by atoms with van der Waals surface area (Å²) in [6.45, 7) is 0. The summed E-state index contributed by atoms with van der Waals surface area (Å²) < 4.78 is 3.07. The molecule has 0 aliphatic heterocycles. The second kappa shape index (κ2) is 4.97. The van der Waals surface area contributed by atoms with E-state index in [0.717, 1.165) is 28.5 Å². The minimum Gasteiger partial charge on any atom is -0.303 e. The summed E-state index contributed by atoms with van der Waals surface area (Å²) in [4.78, 5) is 15.2. The largest absolute Gasteiger partial charge is 0.303 e. The number of fused-ring (bicyclic) bond motifs is 1. The van der Waals surface area contributed by atoms with Crippen molar-refractivity contribution < 1.29 is 4.79 Å². The van der Waals surface area contributed by atoms with Crippen LogP contribution in [0.15, 0.2) is 53.3 Å². The van der Waals surface area contributed by atoms with Crippen molar-refractivity contribution >= 4 is 27.7 Å². The van der Waals surface area contributed by atoms with E-state index in [1.54, 1.807) is 12.3 Å². The summed E-state index contributed by atoms with van der Waals surface area (Å²) in [6, 6.07) is 11.8. The number of benzene rings is 1. The van der Waals surface area contributed by atoms with Crippen molar-refractivity contribution in [2.45, 2.75) is 6.42 Å². The number of carbonyl (C=O) groups is 1. The van der Waals surface area contributed by atoms with Gasteiger partial charge in [0.05, 0.1) is 11.7 Å². The summed E-state index contributed by atoms with van der Waals surface area (Å²) in [5.74, 6) is 0.963. The molecule has 0 saturated carbocycles. The summed E-state index contributed by atoms with van der Waals surface area (Å²) >= 11 is 3.47. The highest BCUT2D eigenvalue weighted by atomic mass is 79.9. The summed E-state index contributed by atoms with van der Waals surface area (Å²) in [5.41, 5.74) is 2.80. The van der Waals surface area contributed by atoms with Crippen LogP contribution in [-0.2, 0) is 6.42 Å². The maximum Gasteiger partial charge on any atom is 0.150 e. The van der Waals surface area contributed by atoms with Crippen LogP contribution in [-0.4, -0.2) is 15.7 Å². The van der Waals surface area contributed by atoms with Gasteiger partial charge in [-0.15, -0.1) is 0 Å². The van der Waals surface area contributed by atoms with E-state index < -0.39 is 0 Å². The fraction of sp³-hybridized carbons (Fsp3) is 0.0667. The summed E-state index contributed by atoms with van der Waals surface area (Å²) in [7, 11) is 0. The molecule has 19 heavy (non-hydrogen) atoms. The summed E-state index contributed by atoms with van der Waals surface area (Å²) in [6.07, 6.45) is 5.29. The number of pyridine rings is 1. The molecule has 0 atom stereocenters. The van der Waals surface area contributed by atoms with Gasteiger partial charge in [-0.1, -0.05) is 28.1 Å². The Morgan fingerprint density at radius 1 is 1.26 bits per heavy atom. The first-order chi connectivity index (χ1) is 9.26. The van der Waals surface area contributed by atoms with Crippen LogP contribution in [0, 0.1) is 0 Å². The van der Waals surface area contributed by atoms with Gasteiger partial charge in [-0.25, -0.2) is 4.98 Å². The van der Waals surface area contributed by atoms with E-state index in [4.69, 9.17) is 0 Å². The van der Waals surface area contributed by atoms with E-state index in [9.17, 15) is 4.79 Å². The Kier molecular flexibility index (Phi) is 3.17. The molecule has 1 aromatic carbocycles. The van der Waals surface area contributed by atoms with Gasteiger partial charge >= 0.3 is 0 Å². The minimum atomic E-state index is 0.668. The zero-order chi connectivity index (χ0) is 13.2. The van der Waals surface area contributed by atoms with Crippen LogP contribution >= 0.6 is 15.9 Å². The van der Waals surface area contributed by atoms with Gasteiger partial charge in [-0.05, 0) is 29.8 Å². The molecule has 3 rings (SSSR count). The number of carbonyl (C=O) groups excluding carboxylic acids is 1. The lowest BCUT2D eigenvalue weighted by atomic mass is 10.1. The van der Waals surface area contributed by atoms with Crippen molar-refractivity contribution in [3.8, 4) is 0 Å². The number of aromatic nitrogens is 2. The van der Waals surface area contributed by atoms with Crippen LogP contribution in [0.5, 0.6) is 0 Å². The number of imidazole rings is 1. The highest BCUT2D eigenvalue weighted by molar-refractivity contribution is 9.10. The van der Waals surface area contributed by atoms with Crippen molar-refractivity contribution in [2.75, 3.05) is 0 Å². The molecule has 0 bridgehead atoms. The first-order valence-corrected chi connectivity index (χ1v) is 6.71. The van der Waals surface area contributed by atoms with Crippen LogP contribution in [0.3, 0.4) is 0 Å². The second-order valence-corrected chi connectivity index (χ2v) is 5.27. The van der Waals surface area contributed by atoms with Crippen molar-refractivity contribution in [2.24, 2.45) is 0 Å². The molecular formula is C15H11BrN2O. The van der Waals surface area contributed by atoms with Crippen LogP contribution in [0.2, 0.25) is 0 Å². The standard InChI is InChI=1S/C15H11BrN2O/c16-13-3-1-2-11(6-13)8-15-17-9-14-7-12(10-19)4-5-18(14)15/h1-7,9-10H,8H2. The third-order valence-corrected chi connectivity index (χ3v) is 3.51. The predicted octanol–water partition coefficient (Wildman–Crippen LogP) is 3.50. The van der Waals surface area contributed by atoms with E-state index in [1.807, 2.05) is 28.8 Å². The third kappa shape index (κ3) is 2.44. The molecule has 0 fully saturated rings. The lowest BCUT2D eigenvalue weighted by molar-refractivity contribution is 0.112. The molecule has 0 aliphatic carbocycles. The van der Waals surface area contributed by atoms with Gasteiger partial charge in [0.2, 0.25) is 0 Å². The Balaban J connectivity index is 1.99. The number of hydrogen-bond acceptors (Lipinski definition) is 2. The molecule has 94 valence electrons. The van der Waals surface area contributed by atoms with E-state index in [0.29, 0.717) is 5.56 Å². The normalized spacial score (nSPS) is 10.8. The van der Waals surface area contributed by atoms with Crippen molar-refractivity contribution in [3.63, 3.8) is 0 Å². The maximum atomic E-state index is 10.8. The molecular weight excluding hydrogens is 304 g/mol. The molecule has 2 heterocycles. The molecule has 0 amide bonds. The number of hydrogen-bond donors (Lipinski definition) is 0. The van der Waals surface area contributed by atoms with Gasteiger partial charge in [0.25, 0.3) is 0 Å². The molecule has 0 unspecified atom stereocenters. The molecule has 4 heteroatoms. The molecule has 0 radical (unpaired) electrons. The minimum absolute atomic E-state index is 0.668. The van der Waals surface area contributed by atoms with Gasteiger partial charge in [0.1, 0.15) is 12.1 Å². The molecule has 0 spiro atoms. The summed E-state index contributed by atoms with van der Waals surface area (Å²) in [5, 5.41) is 0. The van der Waals surface area contributed by atoms with Crippen LogP contribution in [0.25, 0.3) is 5.52 Å². The van der Waals surface area contributed by atoms with Crippen LogP contribution in [0.4, 0.5) is 0 Å². The Labute approximate surface area is 119 Å². The van der Waals surface area contributed by atoms with Gasteiger partial charge in [-0.3, -0.25) is 4.79 Å². The van der Waals surface area contributed by atoms with E-state index in [1.165, 1.54) is 5.56 Å². The Morgan fingerprint density at radius 3 is 2.95 bits per heavy atom. The lowest BCUT2D eigenvalue weighted by Gasteiger charge is -2.03. The molecule has 0 N–H and O–H groups in total. The Morgan fingerprint density at radius 2 is 2.16 bits per heavy atom. The van der Waals surface area contributed by atoms with Gasteiger partial charge in [0.15, 0.2) is 0 Å². The number of rotatable bonds is 3. The zero-order valence-corrected chi connectivity index (χ0v) is 11.7. The third-order valence-electron chi connectivity index (χ3n) is 3.02. The number of nitrogens with zero attached hydrogens (tertiary/aromatic N) is 2. The predicted molar refractivity (Wildman–Crippen MR) is 77.5 cm³/mol. The zero-order valence-electron chi connectivity index (χ0n) is 10.1. The van der Waals surface area contributed by atoms with Crippen molar-refractivity contribution in [1.29, 1.82) is 0 Å². The average molecular weight is 315 g/mol. The second-order valence-electron chi connectivity index (χ2n) is 4.35. The number of halogens is 1. The lowest BCUT2D eigenvalue weighted by Crippen LogP contribution is -1.96. The molecule has 2 aromatic heterocycles. The van der Waals surface area contributed by atoms with Crippen LogP contribution in [0.1, 0.15) is 21.7 Å². The topological polar surface area (TPSA) is 34.4 Å². The SMILES string of the molecule is O=Cc1ccn2c(Cc3cccc(Br)c3)ncc2c1. The Bertz CT molecular complexity index is 749. The highest BCUT2D eigenvalue weighted by Crippen LogP contribution is 2.16. The maximum absolute atomic E-state index is 10.8. The number of aldehydes is 1. The molecule has 0 aliphatic rings. The van der Waals surface area contributed by atoms with Gasteiger partial charge in [-0.2, -0.15) is 0 Å². The average Bonchev–Trinajstić information content (AvgIpc) is 2.81. The first-order valence-electron chi connectivity index (χ1n) is 5.92. The van der Waals surface area contributed by atoms with Gasteiger partial charge < -0.3 is 4.40 Å². The van der Waals surface area contributed by atoms with Crippen molar-refractivity contribution in [1.82, 2.24) is 9.38 Å². The Hall–Kier alpha value is -1.94. The fourth-order valence-electron chi connectivity index (χ4n) is 2.11. The first kappa shape index (κ1) is 12.1. The van der Waals surface area contributed by atoms with E-state index in [-0.39, 0.29) is 0 Å². The fourth-order valence-corrected chi connectivity index (χ4v) is 2.55. The molecule has 3 aromatic rings. The van der Waals surface area contributed by atoms with Crippen LogP contribution < -0.4 is 0 Å². The van der Waals surface area contributed by atoms with E-state index in [2.05, 4.69) is 33.0 Å². The molecule has 3 nitrogen and oxygen atoms in total. The smallest absolute Gasteiger partial charge is 0.150 e. The van der Waals surface area contributed by atoms with Gasteiger partial charge in [0, 0.05) is 22.7 Å². The highest BCUT2D eigenvalue weighted by Gasteiger charge is 2.05. The monoisotopic (exact) mass is 314 g/mol. The molecule has 0 saturated heterocycles. The quantitative estimate of drug-likeness (QED) is 0.693. The van der Waals surface area contributed by atoms with E-state index >= 15 is 0 Å².